The first-order chi connectivity index (χ1) is 14.0. The number of ether oxygens (including phenoxy) is 1. The summed E-state index contributed by atoms with van der Waals surface area (Å²) in [7, 11) is 0. The van der Waals surface area contributed by atoms with Crippen LogP contribution >= 0.6 is 11.8 Å². The molecule has 29 heavy (non-hydrogen) atoms. The van der Waals surface area contributed by atoms with Crippen molar-refractivity contribution in [1.82, 2.24) is 20.4 Å². The Labute approximate surface area is 172 Å². The Balaban J connectivity index is 1.51. The quantitative estimate of drug-likeness (QED) is 0.466. The molecule has 1 fully saturated rings. The lowest BCUT2D eigenvalue weighted by Gasteiger charge is -2.27. The zero-order valence-electron chi connectivity index (χ0n) is 16.1. The first-order valence-corrected chi connectivity index (χ1v) is 10.3. The van der Waals surface area contributed by atoms with Crippen LogP contribution in [0.15, 0.2) is 27.3 Å². The van der Waals surface area contributed by atoms with Gasteiger partial charge in [0, 0.05) is 31.8 Å². The molecule has 11 heteroatoms. The third kappa shape index (κ3) is 5.51. The summed E-state index contributed by atoms with van der Waals surface area (Å²) in [5.74, 6) is -0.787. The molecule has 10 nitrogen and oxygen atoms in total. The van der Waals surface area contributed by atoms with E-state index in [1.165, 1.54) is 6.08 Å². The molecular weight excluding hydrogens is 398 g/mol. The van der Waals surface area contributed by atoms with E-state index in [-0.39, 0.29) is 47.8 Å². The third-order valence-corrected chi connectivity index (χ3v) is 5.41. The highest BCUT2D eigenvalue weighted by atomic mass is 32.2. The van der Waals surface area contributed by atoms with Gasteiger partial charge in [0.15, 0.2) is 0 Å². The second-order valence-electron chi connectivity index (χ2n) is 6.72. The summed E-state index contributed by atoms with van der Waals surface area (Å²) in [6.45, 7) is 6.50. The van der Waals surface area contributed by atoms with Gasteiger partial charge in [-0.3, -0.25) is 14.5 Å². The molecule has 1 saturated heterocycles. The highest BCUT2D eigenvalue weighted by molar-refractivity contribution is 7.99. The fourth-order valence-corrected chi connectivity index (χ4v) is 3.66. The predicted molar refractivity (Wildman–Crippen MR) is 105 cm³/mol. The van der Waals surface area contributed by atoms with Gasteiger partial charge in [-0.05, 0) is 19.8 Å². The topological polar surface area (TPSA) is 127 Å². The number of carbonyl (C=O) groups is 3. The fourth-order valence-electron chi connectivity index (χ4n) is 3.05. The summed E-state index contributed by atoms with van der Waals surface area (Å²) in [4.78, 5) is 41.3. The van der Waals surface area contributed by atoms with E-state index in [4.69, 9.17) is 9.15 Å². The lowest BCUT2D eigenvalue weighted by molar-refractivity contribution is -0.130. The van der Waals surface area contributed by atoms with Crippen LogP contribution in [-0.2, 0) is 20.7 Å². The van der Waals surface area contributed by atoms with Crippen molar-refractivity contribution < 1.29 is 23.5 Å². The second-order valence-corrected chi connectivity index (χ2v) is 7.65. The smallest absolute Gasteiger partial charge is 0.350 e. The Kier molecular flexibility index (Phi) is 7.15. The largest absolute Gasteiger partial charge is 0.416 e. The Bertz CT molecular complexity index is 817. The Morgan fingerprint density at radius 1 is 1.41 bits per heavy atom. The number of nitrogens with zero attached hydrogens (tertiary/aromatic N) is 4. The number of hydrogen-bond donors (Lipinski definition) is 1. The number of aromatic nitrogens is 2. The van der Waals surface area contributed by atoms with Crippen LogP contribution in [0.4, 0.5) is 4.79 Å². The summed E-state index contributed by atoms with van der Waals surface area (Å²) in [6.07, 6.45) is 3.67. The standard InChI is InChI=1S/C18H23N5O5S/c1-3-6-23-16(25)13(11(2)20-17(23)26)8-15-21-22-18(28-15)29-10-14(24)19-9-12-5-4-7-27-12/h3,12-13H,1,4-10H2,2H3,(H,19,24). The van der Waals surface area contributed by atoms with Gasteiger partial charge >= 0.3 is 6.03 Å². The number of imide groups is 1. The highest BCUT2D eigenvalue weighted by Crippen LogP contribution is 2.21. The molecule has 0 aliphatic carbocycles. The Morgan fingerprint density at radius 2 is 2.24 bits per heavy atom. The van der Waals surface area contributed by atoms with Crippen molar-refractivity contribution in [2.45, 2.75) is 37.5 Å². The average molecular weight is 421 g/mol. The van der Waals surface area contributed by atoms with Crippen LogP contribution in [0, 0.1) is 5.92 Å². The summed E-state index contributed by atoms with van der Waals surface area (Å²) < 4.78 is 11.0. The molecular formula is C18H23N5O5S. The molecule has 3 rings (SSSR count). The number of urea groups is 1. The predicted octanol–water partition coefficient (Wildman–Crippen LogP) is 1.22. The van der Waals surface area contributed by atoms with Gasteiger partial charge in [0.1, 0.15) is 0 Å². The van der Waals surface area contributed by atoms with E-state index in [0.29, 0.717) is 12.3 Å². The number of amides is 4. The molecule has 1 N–H and O–H groups in total. The van der Waals surface area contributed by atoms with Crippen LogP contribution in [-0.4, -0.2) is 70.2 Å². The van der Waals surface area contributed by atoms with Crippen LogP contribution in [0.5, 0.6) is 0 Å². The van der Waals surface area contributed by atoms with Crippen molar-refractivity contribution in [2.75, 3.05) is 25.4 Å². The van der Waals surface area contributed by atoms with E-state index >= 15 is 0 Å². The summed E-state index contributed by atoms with van der Waals surface area (Å²) in [5, 5.41) is 10.9. The molecule has 0 saturated carbocycles. The van der Waals surface area contributed by atoms with E-state index in [1.54, 1.807) is 6.92 Å². The van der Waals surface area contributed by atoms with Crippen molar-refractivity contribution >= 4 is 35.3 Å². The van der Waals surface area contributed by atoms with Crippen LogP contribution in [0.3, 0.4) is 0 Å². The molecule has 4 amide bonds. The van der Waals surface area contributed by atoms with Gasteiger partial charge in [0.05, 0.1) is 17.8 Å². The van der Waals surface area contributed by atoms with E-state index in [9.17, 15) is 14.4 Å². The summed E-state index contributed by atoms with van der Waals surface area (Å²) >= 11 is 1.12. The zero-order chi connectivity index (χ0) is 20.8. The normalized spacial score (nSPS) is 22.0. The molecule has 3 heterocycles. The molecule has 0 spiro atoms. The lowest BCUT2D eigenvalue weighted by atomic mass is 9.97. The molecule has 0 aromatic carbocycles. The van der Waals surface area contributed by atoms with Crippen LogP contribution in [0.25, 0.3) is 0 Å². The van der Waals surface area contributed by atoms with Crippen molar-refractivity contribution in [1.29, 1.82) is 0 Å². The first kappa shape index (κ1) is 21.2. The van der Waals surface area contributed by atoms with E-state index < -0.39 is 11.9 Å². The first-order valence-electron chi connectivity index (χ1n) is 9.32. The van der Waals surface area contributed by atoms with Gasteiger partial charge in [-0.25, -0.2) is 9.79 Å². The van der Waals surface area contributed by atoms with Gasteiger partial charge in [-0.1, -0.05) is 17.8 Å². The van der Waals surface area contributed by atoms with Crippen molar-refractivity contribution in [3.63, 3.8) is 0 Å². The SMILES string of the molecule is C=CCN1C(=O)N=C(C)C(Cc2nnc(SCC(=O)NCC3CCCO3)o2)C1=O. The number of aliphatic imine (C=N–C) groups is 1. The molecule has 2 aliphatic heterocycles. The molecule has 0 bridgehead atoms. The van der Waals surface area contributed by atoms with Gasteiger partial charge in [0.2, 0.25) is 17.7 Å². The van der Waals surface area contributed by atoms with Crippen LogP contribution in [0.2, 0.25) is 0 Å². The van der Waals surface area contributed by atoms with Crippen molar-refractivity contribution in [2.24, 2.45) is 10.9 Å². The number of rotatable bonds is 9. The fraction of sp³-hybridized carbons (Fsp3) is 0.556. The maximum atomic E-state index is 12.6. The Morgan fingerprint density at radius 3 is 2.97 bits per heavy atom. The molecule has 1 aromatic heterocycles. The van der Waals surface area contributed by atoms with Gasteiger partial charge in [-0.15, -0.1) is 16.8 Å². The van der Waals surface area contributed by atoms with Crippen molar-refractivity contribution in [3.05, 3.63) is 18.5 Å². The van der Waals surface area contributed by atoms with E-state index in [0.717, 1.165) is 36.1 Å². The van der Waals surface area contributed by atoms with E-state index in [1.807, 2.05) is 0 Å². The minimum Gasteiger partial charge on any atom is -0.416 e. The second kappa shape index (κ2) is 9.79. The van der Waals surface area contributed by atoms with Crippen LogP contribution < -0.4 is 5.32 Å². The Hall–Kier alpha value is -2.53. The molecule has 2 unspecified atom stereocenters. The average Bonchev–Trinajstić information content (AvgIpc) is 3.37. The lowest BCUT2D eigenvalue weighted by Crippen LogP contribution is -2.46. The number of thioether (sulfide) groups is 1. The van der Waals surface area contributed by atoms with Crippen LogP contribution in [0.1, 0.15) is 25.7 Å². The zero-order valence-corrected chi connectivity index (χ0v) is 16.9. The number of nitrogens with one attached hydrogen (secondary N) is 1. The molecule has 1 aromatic rings. The maximum Gasteiger partial charge on any atom is 0.350 e. The third-order valence-electron chi connectivity index (χ3n) is 4.59. The molecule has 156 valence electrons. The van der Waals surface area contributed by atoms with Crippen molar-refractivity contribution in [3.8, 4) is 0 Å². The minimum atomic E-state index is -0.652. The number of carbonyl (C=O) groups excluding carboxylic acids is 3. The molecule has 2 aliphatic rings. The van der Waals surface area contributed by atoms with Gasteiger partial charge in [0.25, 0.3) is 5.22 Å². The molecule has 0 radical (unpaired) electrons. The summed E-state index contributed by atoms with van der Waals surface area (Å²) in [6, 6.07) is -0.598. The highest BCUT2D eigenvalue weighted by Gasteiger charge is 2.36. The molecule has 2 atom stereocenters. The minimum absolute atomic E-state index is 0.0874. The number of hydrogen-bond acceptors (Lipinski definition) is 8. The summed E-state index contributed by atoms with van der Waals surface area (Å²) in [5.41, 5.74) is 0.404. The monoisotopic (exact) mass is 421 g/mol. The van der Waals surface area contributed by atoms with E-state index in [2.05, 4.69) is 27.1 Å². The van der Waals surface area contributed by atoms with Gasteiger partial charge in [-0.2, -0.15) is 0 Å². The van der Waals surface area contributed by atoms with Gasteiger partial charge < -0.3 is 14.5 Å². The maximum absolute atomic E-state index is 12.6.